The average Bonchev–Trinajstić information content (AvgIpc) is 1.85. The highest BCUT2D eigenvalue weighted by molar-refractivity contribution is 5.32. The zero-order valence-electron chi connectivity index (χ0n) is 7.09. The Morgan fingerprint density at radius 2 is 2.00 bits per heavy atom. The SMILES string of the molecule is CCCc1cc(C)cc(O)c1. The van der Waals surface area contributed by atoms with Crippen LogP contribution in [-0.2, 0) is 6.42 Å². The quantitative estimate of drug-likeness (QED) is 0.687. The molecule has 0 radical (unpaired) electrons. The summed E-state index contributed by atoms with van der Waals surface area (Å²) < 4.78 is 0. The third kappa shape index (κ3) is 2.26. The summed E-state index contributed by atoms with van der Waals surface area (Å²) in [5.74, 6) is 0.383. The number of aryl methyl sites for hydroxylation is 2. The molecule has 1 nitrogen and oxygen atoms in total. The van der Waals surface area contributed by atoms with Crippen molar-refractivity contribution in [2.45, 2.75) is 26.7 Å². The number of hydrogen-bond donors (Lipinski definition) is 1. The van der Waals surface area contributed by atoms with E-state index in [0.29, 0.717) is 5.75 Å². The van der Waals surface area contributed by atoms with Gasteiger partial charge in [-0.05, 0) is 36.6 Å². The molecule has 0 amide bonds. The maximum absolute atomic E-state index is 9.22. The second kappa shape index (κ2) is 3.42. The Morgan fingerprint density at radius 3 is 2.55 bits per heavy atom. The van der Waals surface area contributed by atoms with Crippen molar-refractivity contribution in [2.75, 3.05) is 0 Å². The zero-order chi connectivity index (χ0) is 8.27. The van der Waals surface area contributed by atoms with Crippen molar-refractivity contribution >= 4 is 0 Å². The van der Waals surface area contributed by atoms with Gasteiger partial charge < -0.3 is 5.11 Å². The van der Waals surface area contributed by atoms with Crippen LogP contribution in [0, 0.1) is 6.92 Å². The van der Waals surface area contributed by atoms with Gasteiger partial charge in [0.25, 0.3) is 0 Å². The van der Waals surface area contributed by atoms with E-state index in [9.17, 15) is 5.11 Å². The summed E-state index contributed by atoms with van der Waals surface area (Å²) in [5.41, 5.74) is 2.36. The van der Waals surface area contributed by atoms with Crippen molar-refractivity contribution in [1.29, 1.82) is 0 Å². The maximum Gasteiger partial charge on any atom is 0.116 e. The molecule has 0 spiro atoms. The standard InChI is InChI=1S/C10H14O/c1-3-4-9-5-8(2)6-10(11)7-9/h5-7,11H,3-4H2,1-2H3. The van der Waals surface area contributed by atoms with Gasteiger partial charge in [-0.3, -0.25) is 0 Å². The molecule has 1 heteroatoms. The molecule has 0 heterocycles. The lowest BCUT2D eigenvalue weighted by molar-refractivity contribution is 0.474. The van der Waals surface area contributed by atoms with E-state index < -0.39 is 0 Å². The number of rotatable bonds is 2. The first kappa shape index (κ1) is 8.12. The van der Waals surface area contributed by atoms with Crippen molar-refractivity contribution in [1.82, 2.24) is 0 Å². The Kier molecular flexibility index (Phi) is 2.53. The minimum atomic E-state index is 0.383. The summed E-state index contributed by atoms with van der Waals surface area (Å²) in [6, 6.07) is 5.72. The summed E-state index contributed by atoms with van der Waals surface area (Å²) >= 11 is 0. The van der Waals surface area contributed by atoms with Crippen LogP contribution in [0.15, 0.2) is 18.2 Å². The minimum absolute atomic E-state index is 0.383. The van der Waals surface area contributed by atoms with Crippen molar-refractivity contribution < 1.29 is 5.11 Å². The largest absolute Gasteiger partial charge is 0.508 e. The van der Waals surface area contributed by atoms with Gasteiger partial charge in [-0.15, -0.1) is 0 Å². The van der Waals surface area contributed by atoms with E-state index in [0.717, 1.165) is 18.4 Å². The molecule has 0 saturated carbocycles. The fourth-order valence-electron chi connectivity index (χ4n) is 1.27. The normalized spacial score (nSPS) is 10.0. The molecule has 0 unspecified atom stereocenters. The van der Waals surface area contributed by atoms with Gasteiger partial charge in [0.15, 0.2) is 0 Å². The minimum Gasteiger partial charge on any atom is -0.508 e. The van der Waals surface area contributed by atoms with E-state index in [4.69, 9.17) is 0 Å². The molecule has 0 saturated heterocycles. The van der Waals surface area contributed by atoms with Gasteiger partial charge in [-0.25, -0.2) is 0 Å². The Balaban J connectivity index is 2.89. The summed E-state index contributed by atoms with van der Waals surface area (Å²) in [7, 11) is 0. The summed E-state index contributed by atoms with van der Waals surface area (Å²) in [4.78, 5) is 0. The van der Waals surface area contributed by atoms with E-state index in [1.807, 2.05) is 13.0 Å². The van der Waals surface area contributed by atoms with Crippen LogP contribution in [0.3, 0.4) is 0 Å². The van der Waals surface area contributed by atoms with Gasteiger partial charge in [0, 0.05) is 0 Å². The number of phenols is 1. The second-order valence-electron chi connectivity index (χ2n) is 2.93. The van der Waals surface area contributed by atoms with Crippen LogP contribution >= 0.6 is 0 Å². The molecule has 11 heavy (non-hydrogen) atoms. The number of aromatic hydroxyl groups is 1. The van der Waals surface area contributed by atoms with Gasteiger partial charge in [-0.2, -0.15) is 0 Å². The second-order valence-corrected chi connectivity index (χ2v) is 2.93. The van der Waals surface area contributed by atoms with E-state index >= 15 is 0 Å². The summed E-state index contributed by atoms with van der Waals surface area (Å²) in [6.45, 7) is 4.14. The van der Waals surface area contributed by atoms with Crippen LogP contribution < -0.4 is 0 Å². The molecule has 0 aliphatic heterocycles. The van der Waals surface area contributed by atoms with Gasteiger partial charge >= 0.3 is 0 Å². The maximum atomic E-state index is 9.22. The fraction of sp³-hybridized carbons (Fsp3) is 0.400. The van der Waals surface area contributed by atoms with E-state index in [-0.39, 0.29) is 0 Å². The fourth-order valence-corrected chi connectivity index (χ4v) is 1.27. The van der Waals surface area contributed by atoms with Crippen LogP contribution in [0.4, 0.5) is 0 Å². The topological polar surface area (TPSA) is 20.2 Å². The third-order valence-corrected chi connectivity index (χ3v) is 1.66. The summed E-state index contributed by atoms with van der Waals surface area (Å²) in [6.07, 6.45) is 2.18. The van der Waals surface area contributed by atoms with Crippen LogP contribution in [-0.4, -0.2) is 5.11 Å². The highest BCUT2D eigenvalue weighted by Crippen LogP contribution is 2.15. The lowest BCUT2D eigenvalue weighted by atomic mass is 10.1. The Bertz CT molecular complexity index is 220. The Morgan fingerprint density at radius 1 is 1.27 bits per heavy atom. The molecule has 0 aliphatic carbocycles. The molecule has 0 bridgehead atoms. The summed E-state index contributed by atoms with van der Waals surface area (Å²) in [5, 5.41) is 9.22. The van der Waals surface area contributed by atoms with Gasteiger partial charge in [0.1, 0.15) is 5.75 Å². The number of phenolic OH excluding ortho intramolecular Hbond substituents is 1. The van der Waals surface area contributed by atoms with Crippen molar-refractivity contribution in [2.24, 2.45) is 0 Å². The monoisotopic (exact) mass is 150 g/mol. The van der Waals surface area contributed by atoms with E-state index in [2.05, 4.69) is 13.0 Å². The highest BCUT2D eigenvalue weighted by Gasteiger charge is 1.94. The first-order valence-corrected chi connectivity index (χ1v) is 4.02. The van der Waals surface area contributed by atoms with Crippen LogP contribution in [0.5, 0.6) is 5.75 Å². The molecular formula is C10H14O. The van der Waals surface area contributed by atoms with Gasteiger partial charge in [0.05, 0.1) is 0 Å². The third-order valence-electron chi connectivity index (χ3n) is 1.66. The lowest BCUT2D eigenvalue weighted by Gasteiger charge is -2.01. The molecule has 0 atom stereocenters. The molecule has 60 valence electrons. The molecule has 1 N–H and O–H groups in total. The zero-order valence-corrected chi connectivity index (χ0v) is 7.09. The number of hydrogen-bond acceptors (Lipinski definition) is 1. The van der Waals surface area contributed by atoms with Crippen LogP contribution in [0.25, 0.3) is 0 Å². The first-order chi connectivity index (χ1) is 5.22. The van der Waals surface area contributed by atoms with Gasteiger partial charge in [-0.1, -0.05) is 19.4 Å². The van der Waals surface area contributed by atoms with Crippen molar-refractivity contribution in [3.63, 3.8) is 0 Å². The molecule has 0 aliphatic rings. The smallest absolute Gasteiger partial charge is 0.116 e. The molecule has 1 aromatic carbocycles. The highest BCUT2D eigenvalue weighted by atomic mass is 16.3. The van der Waals surface area contributed by atoms with Crippen LogP contribution in [0.2, 0.25) is 0 Å². The molecule has 1 rings (SSSR count). The predicted molar refractivity (Wildman–Crippen MR) is 46.8 cm³/mol. The molecular weight excluding hydrogens is 136 g/mol. The van der Waals surface area contributed by atoms with Crippen LogP contribution in [0.1, 0.15) is 24.5 Å². The van der Waals surface area contributed by atoms with E-state index in [1.165, 1.54) is 5.56 Å². The predicted octanol–water partition coefficient (Wildman–Crippen LogP) is 2.65. The average molecular weight is 150 g/mol. The first-order valence-electron chi connectivity index (χ1n) is 4.02. The molecule has 0 fully saturated rings. The van der Waals surface area contributed by atoms with Crippen molar-refractivity contribution in [3.8, 4) is 5.75 Å². The van der Waals surface area contributed by atoms with Gasteiger partial charge in [0.2, 0.25) is 0 Å². The Labute approximate surface area is 67.7 Å². The lowest BCUT2D eigenvalue weighted by Crippen LogP contribution is -1.83. The van der Waals surface area contributed by atoms with Crippen molar-refractivity contribution in [3.05, 3.63) is 29.3 Å². The van der Waals surface area contributed by atoms with E-state index in [1.54, 1.807) is 6.07 Å². The Hall–Kier alpha value is -0.980. The molecule has 0 aromatic heterocycles. The molecule has 1 aromatic rings. The number of benzene rings is 1.